The molecule has 0 saturated carbocycles. The fourth-order valence-corrected chi connectivity index (χ4v) is 3.01. The highest BCUT2D eigenvalue weighted by Crippen LogP contribution is 2.29. The van der Waals surface area contributed by atoms with Crippen molar-refractivity contribution in [2.45, 2.75) is 19.9 Å². The van der Waals surface area contributed by atoms with E-state index in [0.29, 0.717) is 17.2 Å². The van der Waals surface area contributed by atoms with Gasteiger partial charge in [-0.1, -0.05) is 6.07 Å². The molecule has 0 bridgehead atoms. The third kappa shape index (κ3) is 5.13. The van der Waals surface area contributed by atoms with Gasteiger partial charge in [0.15, 0.2) is 6.61 Å². The van der Waals surface area contributed by atoms with Gasteiger partial charge in [0.1, 0.15) is 17.2 Å². The van der Waals surface area contributed by atoms with Gasteiger partial charge in [0.25, 0.3) is 5.91 Å². The second-order valence-electron chi connectivity index (χ2n) is 5.62. The Bertz CT molecular complexity index is 748. The molecule has 0 radical (unpaired) electrons. The zero-order valence-electron chi connectivity index (χ0n) is 14.8. The molecule has 5 nitrogen and oxygen atoms in total. The van der Waals surface area contributed by atoms with Crippen molar-refractivity contribution in [2.24, 2.45) is 0 Å². The number of rotatable bonds is 7. The normalized spacial score (nSPS) is 11.6. The molecule has 0 spiro atoms. The summed E-state index contributed by atoms with van der Waals surface area (Å²) in [6, 6.07) is 10.9. The summed E-state index contributed by atoms with van der Waals surface area (Å²) in [6.07, 6.45) is 0. The van der Waals surface area contributed by atoms with Crippen LogP contribution in [-0.2, 0) is 4.79 Å². The van der Waals surface area contributed by atoms with Crippen LogP contribution in [0.2, 0.25) is 0 Å². The Morgan fingerprint density at radius 3 is 2.48 bits per heavy atom. The third-order valence-corrected chi connectivity index (χ3v) is 4.35. The van der Waals surface area contributed by atoms with E-state index >= 15 is 0 Å². The van der Waals surface area contributed by atoms with Crippen LogP contribution in [0.25, 0.3) is 0 Å². The van der Waals surface area contributed by atoms with Gasteiger partial charge in [0, 0.05) is 5.56 Å². The Morgan fingerprint density at radius 1 is 1.12 bits per heavy atom. The molecule has 1 atom stereocenters. The number of nitrogens with one attached hydrogen (secondary N) is 1. The van der Waals surface area contributed by atoms with E-state index in [0.717, 1.165) is 15.6 Å². The summed E-state index contributed by atoms with van der Waals surface area (Å²) < 4.78 is 17.0. The topological polar surface area (TPSA) is 56.8 Å². The zero-order chi connectivity index (χ0) is 18.4. The minimum Gasteiger partial charge on any atom is -0.497 e. The lowest BCUT2D eigenvalue weighted by Crippen LogP contribution is -2.31. The lowest BCUT2D eigenvalue weighted by molar-refractivity contribution is -0.123. The molecule has 2 rings (SSSR count). The summed E-state index contributed by atoms with van der Waals surface area (Å²) in [7, 11) is 3.19. The van der Waals surface area contributed by atoms with E-state index in [1.807, 2.05) is 50.2 Å². The lowest BCUT2D eigenvalue weighted by atomic mass is 10.1. The highest BCUT2D eigenvalue weighted by atomic mass is 79.9. The second-order valence-corrected chi connectivity index (χ2v) is 6.47. The first kappa shape index (κ1) is 19.1. The Kier molecular flexibility index (Phi) is 6.70. The summed E-state index contributed by atoms with van der Waals surface area (Å²) in [5, 5.41) is 2.91. The van der Waals surface area contributed by atoms with Crippen LogP contribution in [0.5, 0.6) is 17.2 Å². The van der Waals surface area contributed by atoms with Gasteiger partial charge in [-0.2, -0.15) is 0 Å². The molecule has 0 saturated heterocycles. The number of halogens is 1. The highest BCUT2D eigenvalue weighted by molar-refractivity contribution is 9.10. The van der Waals surface area contributed by atoms with Crippen molar-refractivity contribution in [1.82, 2.24) is 5.32 Å². The number of ether oxygens (including phenoxy) is 3. The van der Waals surface area contributed by atoms with Crippen LogP contribution in [-0.4, -0.2) is 26.7 Å². The van der Waals surface area contributed by atoms with Crippen molar-refractivity contribution < 1.29 is 19.0 Å². The molecule has 0 heterocycles. The van der Waals surface area contributed by atoms with Gasteiger partial charge >= 0.3 is 0 Å². The van der Waals surface area contributed by atoms with Crippen molar-refractivity contribution in [3.05, 3.63) is 52.0 Å². The fraction of sp³-hybridized carbons (Fsp3) is 0.316. The van der Waals surface area contributed by atoms with Crippen LogP contribution in [0.4, 0.5) is 0 Å². The highest BCUT2D eigenvalue weighted by Gasteiger charge is 2.16. The van der Waals surface area contributed by atoms with E-state index in [4.69, 9.17) is 14.2 Å². The molecule has 25 heavy (non-hydrogen) atoms. The van der Waals surface area contributed by atoms with Crippen LogP contribution in [0.3, 0.4) is 0 Å². The molecular weight excluding hydrogens is 386 g/mol. The number of carbonyl (C=O) groups is 1. The maximum Gasteiger partial charge on any atom is 0.258 e. The average Bonchev–Trinajstić information content (AvgIpc) is 2.60. The number of methoxy groups -OCH3 is 2. The molecule has 0 fully saturated rings. The average molecular weight is 408 g/mol. The molecule has 1 N–H and O–H groups in total. The van der Waals surface area contributed by atoms with Gasteiger partial charge in [-0.3, -0.25) is 4.79 Å². The van der Waals surface area contributed by atoms with Crippen molar-refractivity contribution >= 4 is 21.8 Å². The van der Waals surface area contributed by atoms with E-state index in [9.17, 15) is 4.79 Å². The summed E-state index contributed by atoms with van der Waals surface area (Å²) in [4.78, 5) is 12.2. The maximum absolute atomic E-state index is 12.2. The molecule has 0 aliphatic rings. The van der Waals surface area contributed by atoms with Gasteiger partial charge in [0.2, 0.25) is 0 Å². The Morgan fingerprint density at radius 2 is 1.84 bits per heavy atom. The Balaban J connectivity index is 2.00. The summed E-state index contributed by atoms with van der Waals surface area (Å²) in [5.41, 5.74) is 1.95. The van der Waals surface area contributed by atoms with E-state index in [-0.39, 0.29) is 18.6 Å². The standard InChI is InChI=1S/C19H22BrNO4/c1-12-5-7-18(16(20)9-12)25-11-19(22)21-13(2)15-10-14(23-3)6-8-17(15)24-4/h5-10,13H,11H2,1-4H3,(H,21,22). The Labute approximate surface area is 156 Å². The van der Waals surface area contributed by atoms with Crippen molar-refractivity contribution in [3.8, 4) is 17.2 Å². The maximum atomic E-state index is 12.2. The number of hydrogen-bond acceptors (Lipinski definition) is 4. The number of carbonyl (C=O) groups excluding carboxylic acids is 1. The van der Waals surface area contributed by atoms with Crippen molar-refractivity contribution in [3.63, 3.8) is 0 Å². The van der Waals surface area contributed by atoms with Crippen molar-refractivity contribution in [1.29, 1.82) is 0 Å². The number of hydrogen-bond donors (Lipinski definition) is 1. The van der Waals surface area contributed by atoms with Gasteiger partial charge < -0.3 is 19.5 Å². The van der Waals surface area contributed by atoms with Crippen LogP contribution in [0.15, 0.2) is 40.9 Å². The van der Waals surface area contributed by atoms with E-state index in [1.54, 1.807) is 14.2 Å². The summed E-state index contributed by atoms with van der Waals surface area (Å²) in [5.74, 6) is 1.81. The quantitative estimate of drug-likeness (QED) is 0.752. The molecule has 0 aliphatic carbocycles. The lowest BCUT2D eigenvalue weighted by Gasteiger charge is -2.18. The van der Waals surface area contributed by atoms with Crippen molar-refractivity contribution in [2.75, 3.05) is 20.8 Å². The predicted octanol–water partition coefficient (Wildman–Crippen LogP) is 4.03. The molecule has 134 valence electrons. The monoisotopic (exact) mass is 407 g/mol. The van der Waals surface area contributed by atoms with Crippen LogP contribution >= 0.6 is 15.9 Å². The second kappa shape index (κ2) is 8.76. The molecule has 1 amide bonds. The molecule has 0 aliphatic heterocycles. The number of benzene rings is 2. The van der Waals surface area contributed by atoms with Gasteiger partial charge in [-0.15, -0.1) is 0 Å². The molecule has 2 aromatic rings. The first-order valence-corrected chi connectivity index (χ1v) is 8.64. The molecule has 6 heteroatoms. The van der Waals surface area contributed by atoms with E-state index in [2.05, 4.69) is 21.2 Å². The minimum atomic E-state index is -0.248. The Hall–Kier alpha value is -2.21. The molecule has 1 unspecified atom stereocenters. The van der Waals surface area contributed by atoms with E-state index in [1.165, 1.54) is 0 Å². The fourth-order valence-electron chi connectivity index (χ4n) is 2.40. The molecule has 0 aromatic heterocycles. The molecular formula is C19H22BrNO4. The third-order valence-electron chi connectivity index (χ3n) is 3.73. The minimum absolute atomic E-state index is 0.0711. The van der Waals surface area contributed by atoms with E-state index < -0.39 is 0 Å². The van der Waals surface area contributed by atoms with Gasteiger partial charge in [0.05, 0.1) is 24.7 Å². The van der Waals surface area contributed by atoms with Crippen LogP contribution in [0.1, 0.15) is 24.1 Å². The number of aryl methyl sites for hydroxylation is 1. The number of amides is 1. The first-order chi connectivity index (χ1) is 11.9. The summed E-state index contributed by atoms with van der Waals surface area (Å²) >= 11 is 3.43. The van der Waals surface area contributed by atoms with Gasteiger partial charge in [-0.25, -0.2) is 0 Å². The zero-order valence-corrected chi connectivity index (χ0v) is 16.3. The first-order valence-electron chi connectivity index (χ1n) is 7.84. The van der Waals surface area contributed by atoms with Gasteiger partial charge in [-0.05, 0) is 65.7 Å². The smallest absolute Gasteiger partial charge is 0.258 e. The predicted molar refractivity (Wildman–Crippen MR) is 100 cm³/mol. The SMILES string of the molecule is COc1ccc(OC)c(C(C)NC(=O)COc2ccc(C)cc2Br)c1. The van der Waals surface area contributed by atoms with Crippen LogP contribution in [0, 0.1) is 6.92 Å². The summed E-state index contributed by atoms with van der Waals surface area (Å²) in [6.45, 7) is 3.81. The largest absolute Gasteiger partial charge is 0.497 e. The van der Waals surface area contributed by atoms with Crippen LogP contribution < -0.4 is 19.5 Å². The molecule has 2 aromatic carbocycles.